The van der Waals surface area contributed by atoms with Gasteiger partial charge in [0.25, 0.3) is 0 Å². The monoisotopic (exact) mass is 668 g/mol. The number of pyridine rings is 3. The van der Waals surface area contributed by atoms with Gasteiger partial charge in [-0.05, 0) is 44.5 Å². The summed E-state index contributed by atoms with van der Waals surface area (Å²) < 4.78 is 54.2. The largest absolute Gasteiger partial charge is 0.489 e. The first-order valence-corrected chi connectivity index (χ1v) is 14.5. The van der Waals surface area contributed by atoms with Crippen molar-refractivity contribution in [3.05, 3.63) is 60.7 Å². The zero-order valence-corrected chi connectivity index (χ0v) is 26.0. The molecule has 7 rings (SSSR count). The third kappa shape index (κ3) is 6.88. The van der Waals surface area contributed by atoms with Crippen molar-refractivity contribution < 1.29 is 42.4 Å². The normalized spacial score (nSPS) is 17.8. The number of amides is 2. The average molecular weight is 669 g/mol. The number of carbonyl (C=O) groups is 2. The lowest BCUT2D eigenvalue weighted by molar-refractivity contribution is -0.157. The van der Waals surface area contributed by atoms with Gasteiger partial charge in [0.2, 0.25) is 5.88 Å². The third-order valence-corrected chi connectivity index (χ3v) is 7.56. The number of piperidine rings is 1. The minimum absolute atomic E-state index is 0.0138. The van der Waals surface area contributed by atoms with Gasteiger partial charge in [-0.3, -0.25) is 4.90 Å². The average Bonchev–Trinajstić information content (AvgIpc) is 3.46. The number of hydrogen-bond donors (Lipinski definition) is 3. The molecule has 0 radical (unpaired) electrons. The van der Waals surface area contributed by atoms with Gasteiger partial charge in [0, 0.05) is 29.9 Å². The molecule has 3 aliphatic heterocycles. The number of anilines is 2. The summed E-state index contributed by atoms with van der Waals surface area (Å²) in [6.45, 7) is 1.86. The van der Waals surface area contributed by atoms with E-state index in [1.165, 1.54) is 41.2 Å². The Bertz CT molecular complexity index is 1840. The molecule has 7 heterocycles. The van der Waals surface area contributed by atoms with Gasteiger partial charge < -0.3 is 29.9 Å². The molecule has 4 aromatic rings. The Hall–Kier alpha value is -5.63. The molecule has 0 aliphatic carbocycles. The Morgan fingerprint density at radius 3 is 2.50 bits per heavy atom. The zero-order valence-electron chi connectivity index (χ0n) is 26.0. The van der Waals surface area contributed by atoms with Gasteiger partial charge in [-0.15, -0.1) is 0 Å². The maximum Gasteiger partial charge on any atom is 0.347 e. The molecular weight excluding hydrogens is 637 g/mol. The van der Waals surface area contributed by atoms with Gasteiger partial charge in [-0.1, -0.05) is 0 Å². The van der Waals surface area contributed by atoms with Crippen molar-refractivity contribution in [3.8, 4) is 28.8 Å². The van der Waals surface area contributed by atoms with Crippen LogP contribution in [0.2, 0.25) is 0 Å². The lowest BCUT2D eigenvalue weighted by Crippen LogP contribution is -2.78. The van der Waals surface area contributed by atoms with E-state index in [0.717, 1.165) is 4.90 Å². The predicted molar refractivity (Wildman–Crippen MR) is 165 cm³/mol. The molecule has 2 atom stereocenters. The lowest BCUT2D eigenvalue weighted by atomic mass is 9.85. The van der Waals surface area contributed by atoms with Gasteiger partial charge in [-0.25, -0.2) is 28.5 Å². The number of urea groups is 1. The van der Waals surface area contributed by atoms with Crippen LogP contribution in [0.25, 0.3) is 16.6 Å². The number of aliphatic hydroxyl groups is 1. The Balaban J connectivity index is 0.000000840. The Labute approximate surface area is 271 Å². The van der Waals surface area contributed by atoms with Crippen LogP contribution in [0.1, 0.15) is 25.8 Å². The molecule has 2 bridgehead atoms. The first kappa shape index (κ1) is 33.7. The summed E-state index contributed by atoms with van der Waals surface area (Å²) >= 11 is 0. The first-order valence-electron chi connectivity index (χ1n) is 14.5. The van der Waals surface area contributed by atoms with Crippen molar-refractivity contribution in [3.63, 3.8) is 0 Å². The molecule has 0 saturated carbocycles. The Morgan fingerprint density at radius 2 is 1.94 bits per heavy atom. The molecule has 14 nitrogen and oxygen atoms in total. The van der Waals surface area contributed by atoms with Crippen molar-refractivity contribution in [2.24, 2.45) is 0 Å². The number of hydrogen-bond acceptors (Lipinski definition) is 10. The molecule has 252 valence electrons. The van der Waals surface area contributed by atoms with Crippen LogP contribution < -0.4 is 19.7 Å². The number of ether oxygens (including phenoxy) is 2. The van der Waals surface area contributed by atoms with E-state index in [2.05, 4.69) is 26.5 Å². The van der Waals surface area contributed by atoms with E-state index >= 15 is 8.78 Å². The quantitative estimate of drug-likeness (QED) is 0.232. The smallest absolute Gasteiger partial charge is 0.347 e. The van der Waals surface area contributed by atoms with E-state index in [9.17, 15) is 19.6 Å². The number of nitriles is 1. The van der Waals surface area contributed by atoms with Crippen molar-refractivity contribution in [1.82, 2.24) is 24.5 Å². The van der Waals surface area contributed by atoms with Crippen LogP contribution in [0.5, 0.6) is 11.6 Å². The number of nitrogens with one attached hydrogen (secondary N) is 1. The summed E-state index contributed by atoms with van der Waals surface area (Å²) in [6, 6.07) is 4.35. The number of carbonyl (C=O) groups excluding carboxylic acids is 1. The second-order valence-electron chi connectivity index (χ2n) is 11.6. The van der Waals surface area contributed by atoms with Crippen molar-refractivity contribution >= 4 is 29.0 Å². The van der Waals surface area contributed by atoms with Crippen LogP contribution in [-0.4, -0.2) is 97.4 Å². The maximum absolute atomic E-state index is 15.7. The van der Waals surface area contributed by atoms with Gasteiger partial charge >= 0.3 is 18.0 Å². The standard InChI is InChI=1S/C29H28F2N8O4.C2H3FO2/c1-28(2,41)16-43-21-9-22(26-18(10-32)12-35-38(26)15-21)17-4-6-24(33-11-17)37-14-20-8-23(29(37,30)31)39(20)27(40)36-19-5-7-25(42-3)34-13-19;3-1-2(4)5/h4-7,9,11-13,15,20,23,41H,8,14,16H2,1-3H3,(H,36,40);1H2,(H,4,5). The molecule has 4 aromatic heterocycles. The number of carboxylic acid groups (broad SMARTS) is 1. The lowest BCUT2D eigenvalue weighted by Gasteiger charge is -2.59. The fraction of sp³-hybridized carbons (Fsp3) is 0.355. The molecule has 2 amide bonds. The van der Waals surface area contributed by atoms with E-state index in [4.69, 9.17) is 19.4 Å². The number of piperazine rings is 1. The van der Waals surface area contributed by atoms with E-state index in [1.54, 1.807) is 44.3 Å². The van der Waals surface area contributed by atoms with E-state index in [-0.39, 0.29) is 25.4 Å². The van der Waals surface area contributed by atoms with Crippen LogP contribution in [0, 0.1) is 11.3 Å². The number of alkyl halides is 3. The number of halogens is 3. The molecule has 0 spiro atoms. The van der Waals surface area contributed by atoms with Crippen LogP contribution >= 0.6 is 0 Å². The molecule has 2 unspecified atom stereocenters. The number of methoxy groups -OCH3 is 1. The minimum atomic E-state index is -3.36. The first-order chi connectivity index (χ1) is 22.7. The fourth-order valence-electron chi connectivity index (χ4n) is 5.34. The molecule has 3 fully saturated rings. The summed E-state index contributed by atoms with van der Waals surface area (Å²) in [6.07, 6.45) is 6.04. The minimum Gasteiger partial charge on any atom is -0.489 e. The van der Waals surface area contributed by atoms with Crippen molar-refractivity contribution in [2.75, 3.05) is 37.2 Å². The van der Waals surface area contributed by atoms with E-state index in [0.29, 0.717) is 39.5 Å². The van der Waals surface area contributed by atoms with Gasteiger partial charge in [0.15, 0.2) is 6.67 Å². The summed E-state index contributed by atoms with van der Waals surface area (Å²) in [5.41, 5.74) is 1.23. The number of aromatic nitrogens is 4. The molecule has 0 aromatic carbocycles. The fourth-order valence-corrected chi connectivity index (χ4v) is 5.34. The van der Waals surface area contributed by atoms with Crippen molar-refractivity contribution in [2.45, 2.75) is 44.0 Å². The summed E-state index contributed by atoms with van der Waals surface area (Å²) in [5.74, 6) is -0.591. The van der Waals surface area contributed by atoms with Crippen LogP contribution in [0.4, 0.5) is 29.5 Å². The second kappa shape index (κ2) is 13.2. The highest BCUT2D eigenvalue weighted by Crippen LogP contribution is 2.47. The van der Waals surface area contributed by atoms with E-state index in [1.807, 2.05) is 0 Å². The van der Waals surface area contributed by atoms with Crippen LogP contribution in [0.15, 0.2) is 55.1 Å². The zero-order chi connectivity index (χ0) is 34.8. The summed E-state index contributed by atoms with van der Waals surface area (Å²) in [4.78, 5) is 32.4. The molecule has 48 heavy (non-hydrogen) atoms. The number of fused-ring (bicyclic) bond motifs is 3. The van der Waals surface area contributed by atoms with E-state index < -0.39 is 42.4 Å². The Morgan fingerprint density at radius 1 is 1.19 bits per heavy atom. The van der Waals surface area contributed by atoms with Gasteiger partial charge in [0.1, 0.15) is 30.3 Å². The van der Waals surface area contributed by atoms with Gasteiger partial charge in [-0.2, -0.15) is 19.1 Å². The van der Waals surface area contributed by atoms with Gasteiger partial charge in [0.05, 0.1) is 54.1 Å². The third-order valence-electron chi connectivity index (χ3n) is 7.56. The highest BCUT2D eigenvalue weighted by atomic mass is 19.3. The van der Waals surface area contributed by atoms with Crippen LogP contribution in [-0.2, 0) is 4.79 Å². The summed E-state index contributed by atoms with van der Waals surface area (Å²) in [7, 11) is 1.47. The number of rotatable bonds is 8. The molecule has 3 aliphatic rings. The summed E-state index contributed by atoms with van der Waals surface area (Å²) in [5, 5.41) is 33.9. The molecule has 3 saturated heterocycles. The maximum atomic E-state index is 15.7. The highest BCUT2D eigenvalue weighted by Gasteiger charge is 2.63. The highest BCUT2D eigenvalue weighted by molar-refractivity contribution is 5.91. The molecule has 17 heteroatoms. The van der Waals surface area contributed by atoms with Crippen molar-refractivity contribution in [1.29, 1.82) is 5.26 Å². The Kier molecular flexibility index (Phi) is 9.30. The number of carboxylic acids is 1. The SMILES string of the molecule is COc1ccc(NC(=O)N2C3CC2C(F)(F)N(c2ccc(-c4cc(OCC(C)(C)O)cn5ncc(C#N)c45)cn2)C3)cn1.O=C(O)CF. The number of nitrogens with zero attached hydrogens (tertiary/aromatic N) is 7. The second-order valence-corrected chi connectivity index (χ2v) is 11.6. The van der Waals surface area contributed by atoms with Crippen LogP contribution in [0.3, 0.4) is 0 Å². The predicted octanol–water partition coefficient (Wildman–Crippen LogP) is 3.95. The number of aliphatic carboxylic acids is 1. The molecule has 3 N–H and O–H groups in total. The molecular formula is C31H31F3N8O6. The topological polar surface area (TPSA) is 178 Å².